The van der Waals surface area contributed by atoms with Crippen molar-refractivity contribution < 1.29 is 0 Å². The van der Waals surface area contributed by atoms with E-state index in [1.54, 1.807) is 6.20 Å². The number of nitrogens with two attached hydrogens (primary N) is 1. The monoisotopic (exact) mass is 242 g/mol. The zero-order chi connectivity index (χ0) is 12.8. The number of aromatic nitrogens is 2. The molecule has 2 aromatic heterocycles. The lowest BCUT2D eigenvalue weighted by Gasteiger charge is -2.17. The van der Waals surface area contributed by atoms with Gasteiger partial charge in [-0.15, -0.1) is 0 Å². The second kappa shape index (κ2) is 6.23. The predicted molar refractivity (Wildman–Crippen MR) is 71.5 cm³/mol. The quantitative estimate of drug-likeness (QED) is 0.864. The molecule has 0 atom stereocenters. The Balaban J connectivity index is 2.01. The zero-order valence-corrected chi connectivity index (χ0v) is 10.6. The lowest BCUT2D eigenvalue weighted by Crippen LogP contribution is -2.19. The maximum atomic E-state index is 5.69. The Labute approximate surface area is 107 Å². The van der Waals surface area contributed by atoms with Gasteiger partial charge >= 0.3 is 0 Å². The minimum Gasteiger partial charge on any atom is -0.325 e. The minimum atomic E-state index is 0.480. The summed E-state index contributed by atoms with van der Waals surface area (Å²) in [4.78, 5) is 10.8. The molecule has 0 spiro atoms. The molecule has 0 aromatic carbocycles. The van der Waals surface area contributed by atoms with Gasteiger partial charge in [0.2, 0.25) is 0 Å². The van der Waals surface area contributed by atoms with Gasteiger partial charge in [-0.05, 0) is 30.8 Å². The first-order valence-corrected chi connectivity index (χ1v) is 6.01. The van der Waals surface area contributed by atoms with Gasteiger partial charge in [-0.3, -0.25) is 14.9 Å². The molecule has 94 valence electrons. The Kier molecular flexibility index (Phi) is 4.39. The number of nitrogens with zero attached hydrogens (tertiary/aromatic N) is 3. The molecule has 2 N–H and O–H groups in total. The standard InChI is InChI=1S/C14H18N4/c1-18(11-13-6-2-3-7-16-13)10-12-5-4-8-17-14(12)9-15/h2-8H,9-11,15H2,1H3. The van der Waals surface area contributed by atoms with Crippen molar-refractivity contribution in [1.29, 1.82) is 0 Å². The molecule has 0 aliphatic carbocycles. The molecule has 2 heterocycles. The molecule has 0 radical (unpaired) electrons. The van der Waals surface area contributed by atoms with Gasteiger partial charge in [-0.2, -0.15) is 0 Å². The molecule has 0 unspecified atom stereocenters. The molecule has 0 aliphatic heterocycles. The van der Waals surface area contributed by atoms with Crippen molar-refractivity contribution in [1.82, 2.24) is 14.9 Å². The maximum Gasteiger partial charge on any atom is 0.0584 e. The molecule has 2 aromatic rings. The molecule has 0 saturated carbocycles. The summed E-state index contributed by atoms with van der Waals surface area (Å²) in [6.45, 7) is 2.13. The van der Waals surface area contributed by atoms with Crippen molar-refractivity contribution in [3.05, 3.63) is 59.7 Å². The van der Waals surface area contributed by atoms with Crippen molar-refractivity contribution in [2.45, 2.75) is 19.6 Å². The summed E-state index contributed by atoms with van der Waals surface area (Å²) in [5, 5.41) is 0. The average molecular weight is 242 g/mol. The predicted octanol–water partition coefficient (Wildman–Crippen LogP) is 1.57. The van der Waals surface area contributed by atoms with Crippen LogP contribution in [0, 0.1) is 0 Å². The number of hydrogen-bond acceptors (Lipinski definition) is 4. The third-order valence-electron chi connectivity index (χ3n) is 2.78. The highest BCUT2D eigenvalue weighted by Crippen LogP contribution is 2.09. The summed E-state index contributed by atoms with van der Waals surface area (Å²) >= 11 is 0. The summed E-state index contributed by atoms with van der Waals surface area (Å²) in [6, 6.07) is 9.99. The lowest BCUT2D eigenvalue weighted by atomic mass is 10.2. The first-order valence-electron chi connectivity index (χ1n) is 6.01. The lowest BCUT2D eigenvalue weighted by molar-refractivity contribution is 0.313. The van der Waals surface area contributed by atoms with Crippen LogP contribution in [0.15, 0.2) is 42.7 Å². The fourth-order valence-corrected chi connectivity index (χ4v) is 1.91. The molecular weight excluding hydrogens is 224 g/mol. The molecule has 0 aliphatic rings. The second-order valence-electron chi connectivity index (χ2n) is 4.31. The van der Waals surface area contributed by atoms with E-state index in [9.17, 15) is 0 Å². The summed E-state index contributed by atoms with van der Waals surface area (Å²) in [5.41, 5.74) is 8.90. The summed E-state index contributed by atoms with van der Waals surface area (Å²) in [6.07, 6.45) is 3.60. The van der Waals surface area contributed by atoms with Gasteiger partial charge in [-0.25, -0.2) is 0 Å². The van der Waals surface area contributed by atoms with E-state index in [0.717, 1.165) is 24.5 Å². The molecule has 18 heavy (non-hydrogen) atoms. The van der Waals surface area contributed by atoms with E-state index < -0.39 is 0 Å². The molecule has 4 heteroatoms. The van der Waals surface area contributed by atoms with E-state index in [4.69, 9.17) is 5.73 Å². The Morgan fingerprint density at radius 1 is 1.06 bits per heavy atom. The SMILES string of the molecule is CN(Cc1ccccn1)Cc1cccnc1CN. The fraction of sp³-hybridized carbons (Fsp3) is 0.286. The van der Waals surface area contributed by atoms with Crippen LogP contribution in [0.3, 0.4) is 0 Å². The molecule has 0 bridgehead atoms. The van der Waals surface area contributed by atoms with Gasteiger partial charge < -0.3 is 5.73 Å². The van der Waals surface area contributed by atoms with Crippen LogP contribution in [0.5, 0.6) is 0 Å². The van der Waals surface area contributed by atoms with Gasteiger partial charge in [0, 0.05) is 32.0 Å². The number of pyridine rings is 2. The van der Waals surface area contributed by atoms with Crippen LogP contribution in [-0.4, -0.2) is 21.9 Å². The molecule has 0 amide bonds. The zero-order valence-electron chi connectivity index (χ0n) is 10.6. The van der Waals surface area contributed by atoms with E-state index in [2.05, 4.69) is 28.0 Å². The highest BCUT2D eigenvalue weighted by atomic mass is 15.1. The Morgan fingerprint density at radius 3 is 2.61 bits per heavy atom. The average Bonchev–Trinajstić information content (AvgIpc) is 2.40. The van der Waals surface area contributed by atoms with Crippen molar-refractivity contribution in [2.75, 3.05) is 7.05 Å². The topological polar surface area (TPSA) is 55.0 Å². The summed E-state index contributed by atoms with van der Waals surface area (Å²) in [7, 11) is 2.07. The summed E-state index contributed by atoms with van der Waals surface area (Å²) < 4.78 is 0. The van der Waals surface area contributed by atoms with Gasteiger partial charge in [-0.1, -0.05) is 12.1 Å². The fourth-order valence-electron chi connectivity index (χ4n) is 1.91. The Hall–Kier alpha value is -1.78. The Morgan fingerprint density at radius 2 is 1.89 bits per heavy atom. The maximum absolute atomic E-state index is 5.69. The van der Waals surface area contributed by atoms with Crippen LogP contribution in [0.4, 0.5) is 0 Å². The highest BCUT2D eigenvalue weighted by molar-refractivity contribution is 5.19. The van der Waals surface area contributed by atoms with Crippen molar-refractivity contribution in [3.63, 3.8) is 0 Å². The van der Waals surface area contributed by atoms with E-state index in [-0.39, 0.29) is 0 Å². The van der Waals surface area contributed by atoms with Gasteiger partial charge in [0.25, 0.3) is 0 Å². The van der Waals surface area contributed by atoms with Crippen LogP contribution in [0.1, 0.15) is 17.0 Å². The van der Waals surface area contributed by atoms with E-state index >= 15 is 0 Å². The van der Waals surface area contributed by atoms with E-state index in [1.807, 2.05) is 30.5 Å². The largest absolute Gasteiger partial charge is 0.325 e. The molecule has 0 saturated heterocycles. The molecule has 4 nitrogen and oxygen atoms in total. The third-order valence-corrected chi connectivity index (χ3v) is 2.78. The van der Waals surface area contributed by atoms with Crippen molar-refractivity contribution in [2.24, 2.45) is 5.73 Å². The van der Waals surface area contributed by atoms with Gasteiger partial charge in [0.05, 0.1) is 11.4 Å². The first-order chi connectivity index (χ1) is 8.79. The van der Waals surface area contributed by atoms with Crippen LogP contribution >= 0.6 is 0 Å². The molecule has 2 rings (SSSR count). The first kappa shape index (κ1) is 12.7. The number of hydrogen-bond donors (Lipinski definition) is 1. The van der Waals surface area contributed by atoms with Crippen LogP contribution in [-0.2, 0) is 19.6 Å². The van der Waals surface area contributed by atoms with Gasteiger partial charge in [0.15, 0.2) is 0 Å². The molecular formula is C14H18N4. The van der Waals surface area contributed by atoms with Crippen LogP contribution in [0.25, 0.3) is 0 Å². The third kappa shape index (κ3) is 3.35. The smallest absolute Gasteiger partial charge is 0.0584 e. The van der Waals surface area contributed by atoms with Crippen molar-refractivity contribution >= 4 is 0 Å². The van der Waals surface area contributed by atoms with Gasteiger partial charge in [0.1, 0.15) is 0 Å². The van der Waals surface area contributed by atoms with Crippen LogP contribution < -0.4 is 5.73 Å². The highest BCUT2D eigenvalue weighted by Gasteiger charge is 2.06. The summed E-state index contributed by atoms with van der Waals surface area (Å²) in [5.74, 6) is 0. The minimum absolute atomic E-state index is 0.480. The number of rotatable bonds is 5. The molecule has 0 fully saturated rings. The van der Waals surface area contributed by atoms with Crippen molar-refractivity contribution in [3.8, 4) is 0 Å². The Bertz CT molecular complexity index is 484. The van der Waals surface area contributed by atoms with Crippen LogP contribution in [0.2, 0.25) is 0 Å². The van der Waals surface area contributed by atoms with E-state index in [0.29, 0.717) is 6.54 Å². The van der Waals surface area contributed by atoms with E-state index in [1.165, 1.54) is 5.56 Å². The second-order valence-corrected chi connectivity index (χ2v) is 4.31. The normalized spacial score (nSPS) is 10.8.